The fourth-order valence-electron chi connectivity index (χ4n) is 7.91. The average molecular weight is 653 g/mol. The molecule has 2 aromatic carbocycles. The highest BCUT2D eigenvalue weighted by atomic mass is 19.1. The standard InChI is InChI=1S/C37H35F3N6O2/c1-5-25-28(39)12-11-24-9-7-10-26(31(24)25)33-32(40)34-27(19-41-33)35(44(4)29-13-16-46(22(29)3)30(47)6-2)43-36(42-34)48-21-37-14-8-15-45(37)20-23(17-37)18-38/h1,6-7,9-12,18-19,22,29H,2,8,13-17,20-21H2,3-4H3/b23-18-/t22-,29-,37?/m1/s1. The zero-order valence-electron chi connectivity index (χ0n) is 26.8. The van der Waals surface area contributed by atoms with E-state index in [0.717, 1.165) is 19.4 Å². The van der Waals surface area contributed by atoms with E-state index >= 15 is 4.39 Å². The number of amides is 1. The van der Waals surface area contributed by atoms with Gasteiger partial charge in [0.1, 0.15) is 29.5 Å². The second-order valence-electron chi connectivity index (χ2n) is 12.9. The van der Waals surface area contributed by atoms with Crippen molar-refractivity contribution in [2.75, 3.05) is 38.2 Å². The van der Waals surface area contributed by atoms with Gasteiger partial charge in [-0.05, 0) is 62.3 Å². The summed E-state index contributed by atoms with van der Waals surface area (Å²) in [5.41, 5.74) is 0.600. The highest BCUT2D eigenvalue weighted by Crippen LogP contribution is 2.42. The van der Waals surface area contributed by atoms with E-state index in [1.807, 2.05) is 18.9 Å². The van der Waals surface area contributed by atoms with E-state index in [4.69, 9.17) is 16.1 Å². The topological polar surface area (TPSA) is 74.7 Å². The molecule has 1 unspecified atom stereocenters. The van der Waals surface area contributed by atoms with Crippen LogP contribution in [0.15, 0.2) is 61.1 Å². The fraction of sp³-hybridized carbons (Fsp3) is 0.351. The van der Waals surface area contributed by atoms with Crippen LogP contribution in [-0.4, -0.2) is 81.6 Å². The SMILES string of the molecule is C#Cc1c(F)ccc2cccc(-c3ncc4c(N(C)[C@@H]5CCN(C(=O)C=C)[C@@H]5C)nc(OCC56CCCN5C/C(=C\F)C6)nc4c3F)c12. The second-order valence-corrected chi connectivity index (χ2v) is 12.9. The number of hydrogen-bond acceptors (Lipinski definition) is 7. The van der Waals surface area contributed by atoms with E-state index in [1.54, 1.807) is 29.2 Å². The zero-order valence-corrected chi connectivity index (χ0v) is 26.8. The minimum atomic E-state index is -0.735. The first-order valence-corrected chi connectivity index (χ1v) is 16.1. The van der Waals surface area contributed by atoms with Gasteiger partial charge in [-0.25, -0.2) is 13.2 Å². The van der Waals surface area contributed by atoms with Crippen LogP contribution in [0.2, 0.25) is 0 Å². The number of halogens is 3. The fourth-order valence-corrected chi connectivity index (χ4v) is 7.91. The van der Waals surface area contributed by atoms with Gasteiger partial charge in [0.2, 0.25) is 5.91 Å². The number of nitrogens with zero attached hydrogens (tertiary/aromatic N) is 6. The van der Waals surface area contributed by atoms with Crippen molar-refractivity contribution >= 4 is 33.4 Å². The lowest BCUT2D eigenvalue weighted by Gasteiger charge is -2.32. The summed E-state index contributed by atoms with van der Waals surface area (Å²) in [5.74, 6) is 1.32. The lowest BCUT2D eigenvalue weighted by atomic mass is 9.94. The van der Waals surface area contributed by atoms with Gasteiger partial charge in [-0.15, -0.1) is 6.42 Å². The maximum atomic E-state index is 16.9. The van der Waals surface area contributed by atoms with Gasteiger partial charge in [0, 0.05) is 43.3 Å². The molecule has 8 nitrogen and oxygen atoms in total. The number of hydrogen-bond donors (Lipinski definition) is 0. The molecule has 3 aliphatic heterocycles. The molecule has 3 atom stereocenters. The van der Waals surface area contributed by atoms with Crippen LogP contribution in [0.5, 0.6) is 6.01 Å². The third-order valence-electron chi connectivity index (χ3n) is 10.4. The molecule has 0 bridgehead atoms. The summed E-state index contributed by atoms with van der Waals surface area (Å²) in [6.45, 7) is 7.70. The molecule has 5 heterocycles. The number of likely N-dealkylation sites (N-methyl/N-ethyl adjacent to an activating group) is 1. The highest BCUT2D eigenvalue weighted by molar-refractivity contribution is 6.02. The third kappa shape index (κ3) is 5.06. The van der Waals surface area contributed by atoms with E-state index in [2.05, 4.69) is 27.4 Å². The lowest BCUT2D eigenvalue weighted by molar-refractivity contribution is -0.126. The second kappa shape index (κ2) is 12.3. The minimum Gasteiger partial charge on any atom is -0.461 e. The smallest absolute Gasteiger partial charge is 0.319 e. The molecule has 246 valence electrons. The number of terminal acetylenes is 1. The molecule has 3 aliphatic rings. The molecule has 48 heavy (non-hydrogen) atoms. The average Bonchev–Trinajstić information content (AvgIpc) is 3.78. The monoisotopic (exact) mass is 652 g/mol. The Kier molecular flexibility index (Phi) is 8.08. The Balaban J connectivity index is 1.35. The summed E-state index contributed by atoms with van der Waals surface area (Å²) >= 11 is 0. The van der Waals surface area contributed by atoms with Gasteiger partial charge in [0.05, 0.1) is 28.9 Å². The van der Waals surface area contributed by atoms with Crippen molar-refractivity contribution in [1.82, 2.24) is 24.8 Å². The molecule has 0 saturated carbocycles. The van der Waals surface area contributed by atoms with Crippen LogP contribution < -0.4 is 9.64 Å². The van der Waals surface area contributed by atoms with Crippen LogP contribution in [0.25, 0.3) is 32.9 Å². The Labute approximate surface area is 276 Å². The predicted molar refractivity (Wildman–Crippen MR) is 179 cm³/mol. The summed E-state index contributed by atoms with van der Waals surface area (Å²) in [4.78, 5) is 32.3. The van der Waals surface area contributed by atoms with E-state index in [-0.39, 0.29) is 47.4 Å². The first kappa shape index (κ1) is 31.6. The van der Waals surface area contributed by atoms with Gasteiger partial charge in [-0.2, -0.15) is 9.97 Å². The quantitative estimate of drug-likeness (QED) is 0.174. The van der Waals surface area contributed by atoms with Gasteiger partial charge < -0.3 is 14.5 Å². The maximum absolute atomic E-state index is 16.9. The molecular weight excluding hydrogens is 617 g/mol. The van der Waals surface area contributed by atoms with E-state index in [1.165, 1.54) is 18.3 Å². The Morgan fingerprint density at radius 2 is 2.08 bits per heavy atom. The van der Waals surface area contributed by atoms with Crippen LogP contribution in [0.1, 0.15) is 38.2 Å². The number of ether oxygens (including phenoxy) is 1. The number of carbonyl (C=O) groups is 1. The number of likely N-dealkylation sites (tertiary alicyclic amines) is 1. The first-order valence-electron chi connectivity index (χ1n) is 16.1. The normalized spacial score (nSPS) is 23.2. The van der Waals surface area contributed by atoms with E-state index in [9.17, 15) is 13.6 Å². The predicted octanol–water partition coefficient (Wildman–Crippen LogP) is 6.19. The largest absolute Gasteiger partial charge is 0.461 e. The van der Waals surface area contributed by atoms with Crippen LogP contribution in [0.3, 0.4) is 0 Å². The molecule has 0 N–H and O–H groups in total. The summed E-state index contributed by atoms with van der Waals surface area (Å²) in [7, 11) is 1.85. The number of benzene rings is 2. The number of fused-ring (bicyclic) bond motifs is 3. The van der Waals surface area contributed by atoms with Crippen LogP contribution in [0.4, 0.5) is 19.0 Å². The molecule has 0 spiro atoms. The van der Waals surface area contributed by atoms with Crippen molar-refractivity contribution in [3.63, 3.8) is 0 Å². The van der Waals surface area contributed by atoms with Crippen LogP contribution in [0, 0.1) is 24.0 Å². The van der Waals surface area contributed by atoms with Gasteiger partial charge in [-0.1, -0.05) is 36.8 Å². The van der Waals surface area contributed by atoms with Gasteiger partial charge in [0.25, 0.3) is 0 Å². The van der Waals surface area contributed by atoms with Gasteiger partial charge in [0.15, 0.2) is 5.82 Å². The highest BCUT2D eigenvalue weighted by Gasteiger charge is 2.47. The lowest BCUT2D eigenvalue weighted by Crippen LogP contribution is -2.44. The molecular formula is C37H35F3N6O2. The first-order chi connectivity index (χ1) is 23.2. The van der Waals surface area contributed by atoms with E-state index in [0.29, 0.717) is 65.4 Å². The Bertz CT molecular complexity index is 2040. The summed E-state index contributed by atoms with van der Waals surface area (Å²) in [6.07, 6.45) is 12.2. The Hall–Kier alpha value is -4.95. The van der Waals surface area contributed by atoms with Crippen LogP contribution >= 0.6 is 0 Å². The molecule has 4 aromatic rings. The van der Waals surface area contributed by atoms with E-state index < -0.39 is 17.2 Å². The maximum Gasteiger partial charge on any atom is 0.319 e. The van der Waals surface area contributed by atoms with Crippen molar-refractivity contribution in [3.8, 4) is 29.6 Å². The molecule has 3 fully saturated rings. The molecule has 0 radical (unpaired) electrons. The molecule has 3 saturated heterocycles. The van der Waals surface area contributed by atoms with Crippen molar-refractivity contribution in [2.45, 2.75) is 50.2 Å². The van der Waals surface area contributed by atoms with Gasteiger partial charge >= 0.3 is 6.01 Å². The summed E-state index contributed by atoms with van der Waals surface area (Å²) in [6, 6.07) is 7.68. The number of aromatic nitrogens is 3. The summed E-state index contributed by atoms with van der Waals surface area (Å²) < 4.78 is 51.6. The molecule has 0 aliphatic carbocycles. The molecule has 1 amide bonds. The zero-order chi connectivity index (χ0) is 33.7. The van der Waals surface area contributed by atoms with Crippen molar-refractivity contribution in [2.24, 2.45) is 0 Å². The van der Waals surface area contributed by atoms with Gasteiger partial charge in [-0.3, -0.25) is 14.7 Å². The Morgan fingerprint density at radius 1 is 1.25 bits per heavy atom. The van der Waals surface area contributed by atoms with Crippen molar-refractivity contribution in [3.05, 3.63) is 78.3 Å². The third-order valence-corrected chi connectivity index (χ3v) is 10.4. The number of pyridine rings is 1. The van der Waals surface area contributed by atoms with Crippen molar-refractivity contribution < 1.29 is 22.7 Å². The summed E-state index contributed by atoms with van der Waals surface area (Å²) in [5, 5.41) is 1.36. The Morgan fingerprint density at radius 3 is 2.85 bits per heavy atom. The number of rotatable bonds is 7. The number of carbonyl (C=O) groups excluding carboxylic acids is 1. The number of anilines is 1. The molecule has 7 rings (SSSR count). The minimum absolute atomic E-state index is 0.0176. The molecule has 2 aromatic heterocycles. The van der Waals surface area contributed by atoms with Crippen molar-refractivity contribution in [1.29, 1.82) is 0 Å². The van der Waals surface area contributed by atoms with Crippen LogP contribution in [-0.2, 0) is 4.79 Å². The molecule has 11 heteroatoms.